The van der Waals surface area contributed by atoms with Crippen LogP contribution >= 0.6 is 7.82 Å². The number of hydrogen-bond acceptors (Lipinski definition) is 8. The number of carbonyl (C=O) groups is 2. The van der Waals surface area contributed by atoms with Crippen LogP contribution in [0.3, 0.4) is 0 Å². The number of unbranched alkanes of at least 4 members (excludes halogenated alkanes) is 59. The van der Waals surface area contributed by atoms with Gasteiger partial charge in [0.05, 0.1) is 13.2 Å². The van der Waals surface area contributed by atoms with Crippen LogP contribution in [0.5, 0.6) is 0 Å². The summed E-state index contributed by atoms with van der Waals surface area (Å²) in [6, 6.07) is 0. The molecule has 506 valence electrons. The van der Waals surface area contributed by atoms with Gasteiger partial charge in [0.25, 0.3) is 0 Å². The van der Waals surface area contributed by atoms with Gasteiger partial charge in [-0.1, -0.05) is 386 Å². The van der Waals surface area contributed by atoms with Crippen molar-refractivity contribution < 1.29 is 37.6 Å². The highest BCUT2D eigenvalue weighted by molar-refractivity contribution is 7.47. The number of esters is 2. The summed E-state index contributed by atoms with van der Waals surface area (Å²) in [5.41, 5.74) is 5.41. The molecule has 0 aromatic carbocycles. The first-order chi connectivity index (χ1) is 41.8. The van der Waals surface area contributed by atoms with E-state index in [9.17, 15) is 19.0 Å². The Kier molecular flexibility index (Phi) is 70.8. The molecule has 2 unspecified atom stereocenters. The molecule has 0 spiro atoms. The van der Waals surface area contributed by atoms with Gasteiger partial charge in [-0.3, -0.25) is 18.6 Å². The molecule has 0 radical (unpaired) electrons. The maximum atomic E-state index is 12.8. The maximum absolute atomic E-state index is 12.8. The average Bonchev–Trinajstić information content (AvgIpc) is 3.52. The molecule has 0 saturated heterocycles. The lowest BCUT2D eigenvalue weighted by Gasteiger charge is -2.19. The van der Waals surface area contributed by atoms with Gasteiger partial charge in [-0.05, 0) is 38.5 Å². The number of rotatable bonds is 74. The molecule has 85 heavy (non-hydrogen) atoms. The van der Waals surface area contributed by atoms with Crippen LogP contribution in [0.2, 0.25) is 0 Å². The smallest absolute Gasteiger partial charge is 0.462 e. The fraction of sp³-hybridized carbons (Fsp3) is 0.947. The third-order valence-electron chi connectivity index (χ3n) is 17.7. The van der Waals surface area contributed by atoms with E-state index in [0.29, 0.717) is 6.42 Å². The van der Waals surface area contributed by atoms with Crippen molar-refractivity contribution in [3.05, 3.63) is 12.2 Å². The number of ether oxygens (including phenoxy) is 2. The number of allylic oxidation sites excluding steroid dienone is 2. The Hall–Kier alpha value is -1.25. The summed E-state index contributed by atoms with van der Waals surface area (Å²) in [4.78, 5) is 35.4. The molecule has 9 nitrogen and oxygen atoms in total. The second kappa shape index (κ2) is 71.8. The fourth-order valence-electron chi connectivity index (χ4n) is 12.0. The average molecular weight is 1220 g/mol. The minimum atomic E-state index is -4.39. The van der Waals surface area contributed by atoms with Crippen molar-refractivity contribution >= 4 is 19.8 Å². The van der Waals surface area contributed by atoms with Gasteiger partial charge in [-0.2, -0.15) is 0 Å². The molecule has 10 heteroatoms. The molecule has 0 aliphatic heterocycles. The minimum Gasteiger partial charge on any atom is -0.462 e. The Morgan fingerprint density at radius 3 is 0.835 bits per heavy atom. The molecule has 0 saturated carbocycles. The zero-order valence-electron chi connectivity index (χ0n) is 57.1. The minimum absolute atomic E-state index is 0.0582. The lowest BCUT2D eigenvalue weighted by Crippen LogP contribution is -2.29. The number of phosphoric ester groups is 1. The Balaban J connectivity index is 3.75. The van der Waals surface area contributed by atoms with Crippen molar-refractivity contribution in [3.63, 3.8) is 0 Å². The predicted octanol–water partition coefficient (Wildman–Crippen LogP) is 25.1. The molecule has 2 atom stereocenters. The van der Waals surface area contributed by atoms with Gasteiger partial charge in [-0.15, -0.1) is 0 Å². The number of phosphoric acid groups is 1. The molecule has 0 bridgehead atoms. The van der Waals surface area contributed by atoms with Crippen LogP contribution < -0.4 is 5.73 Å². The van der Waals surface area contributed by atoms with Crippen LogP contribution in [0, 0.1) is 0 Å². The largest absolute Gasteiger partial charge is 0.472 e. The third kappa shape index (κ3) is 71.7. The van der Waals surface area contributed by atoms with Crippen molar-refractivity contribution in [3.8, 4) is 0 Å². The van der Waals surface area contributed by atoms with Gasteiger partial charge in [-0.25, -0.2) is 4.57 Å². The Morgan fingerprint density at radius 1 is 0.341 bits per heavy atom. The standard InChI is InChI=1S/C75H148NO8P/c1-3-5-7-9-11-13-15-17-19-21-23-25-27-29-31-32-33-34-35-36-37-38-39-40-42-44-46-48-50-52-54-56-58-60-62-64-66-68-75(78)84-73(72-83-85(79,80)82-70-69-76)71-81-74(77)67-65-63-61-59-57-55-53-51-49-47-45-43-41-30-28-26-24-22-20-18-16-14-12-10-8-6-4-2/h21,23,73H,3-20,22,24-72,76H2,1-2H3,(H,79,80)/b23-21-. The number of hydrogen-bond donors (Lipinski definition) is 2. The molecule has 0 heterocycles. The van der Waals surface area contributed by atoms with Crippen LogP contribution in [0.25, 0.3) is 0 Å². The van der Waals surface area contributed by atoms with Crippen LogP contribution in [0.4, 0.5) is 0 Å². The van der Waals surface area contributed by atoms with E-state index in [1.54, 1.807) is 0 Å². The zero-order valence-corrected chi connectivity index (χ0v) is 58.0. The van der Waals surface area contributed by atoms with Crippen LogP contribution in [-0.2, 0) is 32.7 Å². The highest BCUT2D eigenvalue weighted by Crippen LogP contribution is 2.43. The summed E-state index contributed by atoms with van der Waals surface area (Å²) in [6.07, 6.45) is 87.8. The Bertz CT molecular complexity index is 1400. The second-order valence-corrected chi connectivity index (χ2v) is 27.7. The van der Waals surface area contributed by atoms with E-state index in [2.05, 4.69) is 26.0 Å². The van der Waals surface area contributed by atoms with Crippen molar-refractivity contribution in [2.75, 3.05) is 26.4 Å². The van der Waals surface area contributed by atoms with Crippen LogP contribution in [-0.4, -0.2) is 49.3 Å². The summed E-state index contributed by atoms with van der Waals surface area (Å²) < 4.78 is 33.2. The van der Waals surface area contributed by atoms with Crippen molar-refractivity contribution in [1.82, 2.24) is 0 Å². The van der Waals surface area contributed by atoms with E-state index in [1.807, 2.05) is 0 Å². The van der Waals surface area contributed by atoms with E-state index in [1.165, 1.54) is 360 Å². The van der Waals surface area contributed by atoms with E-state index >= 15 is 0 Å². The van der Waals surface area contributed by atoms with E-state index < -0.39 is 26.5 Å². The first-order valence-corrected chi connectivity index (χ1v) is 39.7. The quantitative estimate of drug-likeness (QED) is 0.0264. The van der Waals surface area contributed by atoms with Gasteiger partial charge in [0.15, 0.2) is 6.10 Å². The van der Waals surface area contributed by atoms with Crippen LogP contribution in [0.15, 0.2) is 12.2 Å². The highest BCUT2D eigenvalue weighted by atomic mass is 31.2. The van der Waals surface area contributed by atoms with Gasteiger partial charge in [0, 0.05) is 19.4 Å². The Labute approximate surface area is 530 Å². The summed E-state index contributed by atoms with van der Waals surface area (Å²) in [7, 11) is -4.39. The summed E-state index contributed by atoms with van der Waals surface area (Å²) in [6.45, 7) is 3.84. The third-order valence-corrected chi connectivity index (χ3v) is 18.6. The molecule has 3 N–H and O–H groups in total. The van der Waals surface area contributed by atoms with Gasteiger partial charge in [0.2, 0.25) is 0 Å². The van der Waals surface area contributed by atoms with Gasteiger partial charge >= 0.3 is 19.8 Å². The van der Waals surface area contributed by atoms with Crippen molar-refractivity contribution in [2.45, 2.75) is 431 Å². The van der Waals surface area contributed by atoms with E-state index in [4.69, 9.17) is 24.3 Å². The maximum Gasteiger partial charge on any atom is 0.472 e. The lowest BCUT2D eigenvalue weighted by atomic mass is 10.0. The SMILES string of the molecule is CCCCCCCCCC/C=C\CCCCCCCCCCCCCCCCCCCCCCCCCCCC(=O)OC(COC(=O)CCCCCCCCCCCCCCCCCCCCCCCCCCCCC)COP(=O)(O)OCCN. The van der Waals surface area contributed by atoms with Crippen LogP contribution in [0.1, 0.15) is 425 Å². The lowest BCUT2D eigenvalue weighted by molar-refractivity contribution is -0.161. The number of carbonyl (C=O) groups excluding carboxylic acids is 2. The van der Waals surface area contributed by atoms with Gasteiger partial charge in [0.1, 0.15) is 6.61 Å². The zero-order chi connectivity index (χ0) is 61.6. The van der Waals surface area contributed by atoms with E-state index in [0.717, 1.165) is 32.1 Å². The molecule has 0 aliphatic rings. The predicted molar refractivity (Wildman–Crippen MR) is 368 cm³/mol. The molecular formula is C75H148NO8P. The Morgan fingerprint density at radius 2 is 0.576 bits per heavy atom. The van der Waals surface area contributed by atoms with Gasteiger partial charge < -0.3 is 20.1 Å². The highest BCUT2D eigenvalue weighted by Gasteiger charge is 2.26. The summed E-state index contributed by atoms with van der Waals surface area (Å²) >= 11 is 0. The second-order valence-electron chi connectivity index (χ2n) is 26.2. The topological polar surface area (TPSA) is 134 Å². The normalized spacial score (nSPS) is 12.8. The molecule has 0 aromatic rings. The first kappa shape index (κ1) is 83.8. The first-order valence-electron chi connectivity index (χ1n) is 38.2. The molecule has 0 rings (SSSR count). The fourth-order valence-corrected chi connectivity index (χ4v) is 12.8. The molecule has 0 fully saturated rings. The van der Waals surface area contributed by atoms with Crippen molar-refractivity contribution in [1.29, 1.82) is 0 Å². The summed E-state index contributed by atoms with van der Waals surface area (Å²) in [5.74, 6) is -0.797. The monoisotopic (exact) mass is 1220 g/mol. The summed E-state index contributed by atoms with van der Waals surface area (Å²) in [5, 5.41) is 0. The van der Waals surface area contributed by atoms with E-state index in [-0.39, 0.29) is 38.6 Å². The number of nitrogens with two attached hydrogens (primary N) is 1. The molecular weight excluding hydrogens is 1070 g/mol. The van der Waals surface area contributed by atoms with Crippen molar-refractivity contribution in [2.24, 2.45) is 5.73 Å². The molecule has 0 aromatic heterocycles. The molecule has 0 amide bonds. The molecule has 0 aliphatic carbocycles.